The first-order valence-electron chi connectivity index (χ1n) is 6.09. The fourth-order valence-electron chi connectivity index (χ4n) is 1.69. The number of methoxy groups -OCH3 is 1. The molecule has 0 bridgehead atoms. The predicted molar refractivity (Wildman–Crippen MR) is 73.4 cm³/mol. The Morgan fingerprint density at radius 2 is 2.11 bits per heavy atom. The molecule has 0 saturated carbocycles. The predicted octanol–water partition coefficient (Wildman–Crippen LogP) is 0.942. The second-order valence-corrected chi connectivity index (χ2v) is 4.54. The SMILES string of the molecule is COCC(C)(CCO)NC(=O)C#Cc1ccccc1. The summed E-state index contributed by atoms with van der Waals surface area (Å²) in [6, 6.07) is 9.29. The Labute approximate surface area is 113 Å². The van der Waals surface area contributed by atoms with Crippen molar-refractivity contribution in [3.8, 4) is 11.8 Å². The van der Waals surface area contributed by atoms with Crippen LogP contribution in [0.4, 0.5) is 0 Å². The summed E-state index contributed by atoms with van der Waals surface area (Å²) in [4.78, 5) is 11.8. The molecule has 19 heavy (non-hydrogen) atoms. The third-order valence-electron chi connectivity index (χ3n) is 2.64. The van der Waals surface area contributed by atoms with E-state index in [-0.39, 0.29) is 12.5 Å². The standard InChI is InChI=1S/C15H19NO3/c1-15(10-11-17,12-19-2)16-14(18)9-8-13-6-4-3-5-7-13/h3-7,17H,10-12H2,1-2H3,(H,16,18). The molecule has 1 aromatic rings. The highest BCUT2D eigenvalue weighted by Crippen LogP contribution is 2.09. The van der Waals surface area contributed by atoms with Crippen LogP contribution < -0.4 is 5.32 Å². The number of ether oxygens (including phenoxy) is 1. The van der Waals surface area contributed by atoms with Gasteiger partial charge in [0.05, 0.1) is 12.1 Å². The van der Waals surface area contributed by atoms with Crippen molar-refractivity contribution in [1.29, 1.82) is 0 Å². The Morgan fingerprint density at radius 1 is 1.42 bits per heavy atom. The molecule has 0 radical (unpaired) electrons. The summed E-state index contributed by atoms with van der Waals surface area (Å²) in [6.07, 6.45) is 0.416. The van der Waals surface area contributed by atoms with Crippen molar-refractivity contribution >= 4 is 5.91 Å². The van der Waals surface area contributed by atoms with Gasteiger partial charge < -0.3 is 15.2 Å². The third kappa shape index (κ3) is 5.56. The highest BCUT2D eigenvalue weighted by atomic mass is 16.5. The van der Waals surface area contributed by atoms with Crippen LogP contribution in [0.15, 0.2) is 30.3 Å². The van der Waals surface area contributed by atoms with E-state index in [9.17, 15) is 4.79 Å². The van der Waals surface area contributed by atoms with Crippen molar-refractivity contribution in [2.24, 2.45) is 0 Å². The number of amides is 1. The van der Waals surface area contributed by atoms with E-state index in [1.807, 2.05) is 37.3 Å². The first-order valence-corrected chi connectivity index (χ1v) is 6.09. The van der Waals surface area contributed by atoms with Gasteiger partial charge in [-0.15, -0.1) is 0 Å². The van der Waals surface area contributed by atoms with E-state index in [2.05, 4.69) is 17.2 Å². The number of hydrogen-bond donors (Lipinski definition) is 2. The molecule has 4 heteroatoms. The molecule has 0 fully saturated rings. The van der Waals surface area contributed by atoms with Crippen LogP contribution in [-0.4, -0.2) is 36.9 Å². The number of aliphatic hydroxyl groups excluding tert-OH is 1. The molecule has 4 nitrogen and oxygen atoms in total. The number of carbonyl (C=O) groups is 1. The van der Waals surface area contributed by atoms with Crippen LogP contribution in [0, 0.1) is 11.8 Å². The van der Waals surface area contributed by atoms with E-state index in [0.29, 0.717) is 13.0 Å². The van der Waals surface area contributed by atoms with Crippen LogP contribution in [0.5, 0.6) is 0 Å². The van der Waals surface area contributed by atoms with Crippen molar-refractivity contribution in [3.05, 3.63) is 35.9 Å². The number of rotatable bonds is 5. The second kappa shape index (κ2) is 7.57. The van der Waals surface area contributed by atoms with Gasteiger partial charge in [0.2, 0.25) is 0 Å². The van der Waals surface area contributed by atoms with Gasteiger partial charge in [-0.25, -0.2) is 0 Å². The van der Waals surface area contributed by atoms with Crippen LogP contribution in [0.1, 0.15) is 18.9 Å². The molecule has 0 aliphatic rings. The summed E-state index contributed by atoms with van der Waals surface area (Å²) >= 11 is 0. The van der Waals surface area contributed by atoms with Gasteiger partial charge in [-0.05, 0) is 25.5 Å². The monoisotopic (exact) mass is 261 g/mol. The van der Waals surface area contributed by atoms with Crippen molar-refractivity contribution in [3.63, 3.8) is 0 Å². The van der Waals surface area contributed by atoms with E-state index in [0.717, 1.165) is 5.56 Å². The molecule has 1 amide bonds. The molecule has 1 atom stereocenters. The molecule has 2 N–H and O–H groups in total. The van der Waals surface area contributed by atoms with Gasteiger partial charge in [-0.3, -0.25) is 4.79 Å². The van der Waals surface area contributed by atoms with E-state index < -0.39 is 5.54 Å². The molecule has 0 saturated heterocycles. The zero-order valence-corrected chi connectivity index (χ0v) is 11.3. The average Bonchev–Trinajstić information content (AvgIpc) is 2.38. The summed E-state index contributed by atoms with van der Waals surface area (Å²) in [6.45, 7) is 2.12. The summed E-state index contributed by atoms with van der Waals surface area (Å²) in [5.41, 5.74) is 0.180. The van der Waals surface area contributed by atoms with Crippen LogP contribution in [0.3, 0.4) is 0 Å². The third-order valence-corrected chi connectivity index (χ3v) is 2.64. The summed E-state index contributed by atoms with van der Waals surface area (Å²) in [5, 5.41) is 11.8. The molecule has 0 aliphatic carbocycles. The average molecular weight is 261 g/mol. The minimum atomic E-state index is -0.605. The number of carbonyl (C=O) groups excluding carboxylic acids is 1. The van der Waals surface area contributed by atoms with E-state index >= 15 is 0 Å². The summed E-state index contributed by atoms with van der Waals surface area (Å²) in [7, 11) is 1.55. The van der Waals surface area contributed by atoms with Crippen LogP contribution in [0.2, 0.25) is 0 Å². The Balaban J connectivity index is 2.66. The zero-order chi connectivity index (χ0) is 14.1. The van der Waals surface area contributed by atoms with Crippen LogP contribution >= 0.6 is 0 Å². The van der Waals surface area contributed by atoms with E-state index in [1.165, 1.54) is 0 Å². The first-order chi connectivity index (χ1) is 9.09. The fourth-order valence-corrected chi connectivity index (χ4v) is 1.69. The maximum atomic E-state index is 11.8. The minimum Gasteiger partial charge on any atom is -0.396 e. The van der Waals surface area contributed by atoms with Gasteiger partial charge in [-0.1, -0.05) is 24.1 Å². The number of hydrogen-bond acceptors (Lipinski definition) is 3. The van der Waals surface area contributed by atoms with Crippen molar-refractivity contribution in [1.82, 2.24) is 5.32 Å². The zero-order valence-electron chi connectivity index (χ0n) is 11.3. The lowest BCUT2D eigenvalue weighted by molar-refractivity contribution is -0.118. The van der Waals surface area contributed by atoms with Gasteiger partial charge in [0.1, 0.15) is 0 Å². The van der Waals surface area contributed by atoms with Crippen molar-refractivity contribution in [2.75, 3.05) is 20.3 Å². The fraction of sp³-hybridized carbons (Fsp3) is 0.400. The Hall–Kier alpha value is -1.83. The topological polar surface area (TPSA) is 58.6 Å². The Bertz CT molecular complexity index is 453. The molecule has 0 heterocycles. The van der Waals surface area contributed by atoms with Gasteiger partial charge in [0, 0.05) is 25.2 Å². The van der Waals surface area contributed by atoms with Crippen LogP contribution in [0.25, 0.3) is 0 Å². The Morgan fingerprint density at radius 3 is 2.68 bits per heavy atom. The molecule has 0 aliphatic heterocycles. The summed E-state index contributed by atoms with van der Waals surface area (Å²) < 4.78 is 5.05. The van der Waals surface area contributed by atoms with Crippen molar-refractivity contribution < 1.29 is 14.6 Å². The summed E-state index contributed by atoms with van der Waals surface area (Å²) in [5.74, 6) is 4.94. The van der Waals surface area contributed by atoms with Gasteiger partial charge in [-0.2, -0.15) is 0 Å². The number of aliphatic hydroxyl groups is 1. The van der Waals surface area contributed by atoms with E-state index in [4.69, 9.17) is 9.84 Å². The highest BCUT2D eigenvalue weighted by molar-refractivity contribution is 5.94. The lowest BCUT2D eigenvalue weighted by Gasteiger charge is -2.28. The lowest BCUT2D eigenvalue weighted by Crippen LogP contribution is -2.49. The maximum Gasteiger partial charge on any atom is 0.296 e. The van der Waals surface area contributed by atoms with Gasteiger partial charge >= 0.3 is 0 Å². The first kappa shape index (κ1) is 15.2. The quantitative estimate of drug-likeness (QED) is 0.776. The normalized spacial score (nSPS) is 13.0. The molecule has 1 aromatic carbocycles. The smallest absolute Gasteiger partial charge is 0.296 e. The van der Waals surface area contributed by atoms with E-state index in [1.54, 1.807) is 7.11 Å². The van der Waals surface area contributed by atoms with Crippen LogP contribution in [-0.2, 0) is 9.53 Å². The van der Waals surface area contributed by atoms with Gasteiger partial charge in [0.15, 0.2) is 0 Å². The molecule has 1 unspecified atom stereocenters. The highest BCUT2D eigenvalue weighted by Gasteiger charge is 2.25. The molecule has 0 aromatic heterocycles. The molecule has 102 valence electrons. The second-order valence-electron chi connectivity index (χ2n) is 4.54. The number of nitrogens with one attached hydrogen (secondary N) is 1. The van der Waals surface area contributed by atoms with Gasteiger partial charge in [0.25, 0.3) is 5.91 Å². The number of benzene rings is 1. The largest absolute Gasteiger partial charge is 0.396 e. The van der Waals surface area contributed by atoms with Crippen molar-refractivity contribution in [2.45, 2.75) is 18.9 Å². The Kier molecular flexibility index (Phi) is 6.07. The molecule has 0 spiro atoms. The molecule has 1 rings (SSSR count). The molecular formula is C15H19NO3. The minimum absolute atomic E-state index is 0.0216. The maximum absolute atomic E-state index is 11.8. The molecular weight excluding hydrogens is 242 g/mol. The lowest BCUT2D eigenvalue weighted by atomic mass is 9.99.